The second-order valence-corrected chi connectivity index (χ2v) is 8.62. The number of thiazole rings is 1. The number of thiophene rings is 1. The average molecular weight is 323 g/mol. The van der Waals surface area contributed by atoms with E-state index < -0.39 is 10.0 Å². The highest BCUT2D eigenvalue weighted by Crippen LogP contribution is 2.26. The maximum absolute atomic E-state index is 12.0. The summed E-state index contributed by atoms with van der Waals surface area (Å²) < 4.78 is 27.2. The maximum Gasteiger partial charge on any atom is 0.250 e. The Bertz CT molecular complexity index is 660. The van der Waals surface area contributed by atoms with Crippen molar-refractivity contribution in [3.05, 3.63) is 32.0 Å². The molecule has 8 heteroatoms. The van der Waals surface area contributed by atoms with Crippen LogP contribution in [0.25, 0.3) is 0 Å². The monoisotopic (exact) mass is 322 g/mol. The molecule has 2 aromatic rings. The minimum atomic E-state index is -3.48. The third-order valence-electron chi connectivity index (χ3n) is 2.24. The van der Waals surface area contributed by atoms with Crippen molar-refractivity contribution in [2.75, 3.05) is 0 Å². The first-order valence-electron chi connectivity index (χ1n) is 5.06. The van der Waals surface area contributed by atoms with Gasteiger partial charge in [-0.15, -0.1) is 22.7 Å². The third kappa shape index (κ3) is 3.10. The van der Waals surface area contributed by atoms with Crippen LogP contribution in [-0.2, 0) is 16.6 Å². The van der Waals surface area contributed by atoms with Crippen molar-refractivity contribution in [1.82, 2.24) is 9.71 Å². The van der Waals surface area contributed by atoms with Gasteiger partial charge in [0.2, 0.25) is 10.0 Å². The van der Waals surface area contributed by atoms with Crippen LogP contribution in [-0.4, -0.2) is 13.4 Å². The largest absolute Gasteiger partial charge is 0.250 e. The van der Waals surface area contributed by atoms with Crippen LogP contribution in [0.15, 0.2) is 16.3 Å². The van der Waals surface area contributed by atoms with E-state index in [0.717, 1.165) is 26.9 Å². The zero-order chi connectivity index (χ0) is 13.3. The van der Waals surface area contributed by atoms with Gasteiger partial charge in [-0.1, -0.05) is 11.6 Å². The first-order chi connectivity index (χ1) is 8.38. The van der Waals surface area contributed by atoms with Crippen LogP contribution in [0.1, 0.15) is 15.6 Å². The van der Waals surface area contributed by atoms with Crippen molar-refractivity contribution in [1.29, 1.82) is 0 Å². The Morgan fingerprint density at radius 1 is 1.33 bits per heavy atom. The number of hydrogen-bond donors (Lipinski definition) is 1. The van der Waals surface area contributed by atoms with E-state index in [0.29, 0.717) is 4.34 Å². The first kappa shape index (κ1) is 14.0. The van der Waals surface area contributed by atoms with E-state index in [2.05, 4.69) is 9.71 Å². The van der Waals surface area contributed by atoms with Gasteiger partial charge < -0.3 is 0 Å². The number of nitrogens with one attached hydrogen (secondary N) is 1. The van der Waals surface area contributed by atoms with E-state index in [4.69, 9.17) is 11.6 Å². The predicted octanol–water partition coefficient (Wildman–Crippen LogP) is 2.95. The van der Waals surface area contributed by atoms with E-state index in [1.54, 1.807) is 6.07 Å². The summed E-state index contributed by atoms with van der Waals surface area (Å²) in [4.78, 5) is 5.18. The fourth-order valence-electron chi connectivity index (χ4n) is 1.41. The summed E-state index contributed by atoms with van der Waals surface area (Å²) in [6.45, 7) is 4.03. The first-order valence-corrected chi connectivity index (χ1v) is 8.56. The molecule has 0 bridgehead atoms. The Hall–Kier alpha value is -0.470. The van der Waals surface area contributed by atoms with E-state index in [1.165, 1.54) is 17.4 Å². The molecule has 0 atom stereocenters. The minimum absolute atomic E-state index is 0.228. The van der Waals surface area contributed by atoms with Gasteiger partial charge in [-0.3, -0.25) is 0 Å². The summed E-state index contributed by atoms with van der Waals surface area (Å²) >= 11 is 8.27. The number of rotatable bonds is 4. The van der Waals surface area contributed by atoms with Gasteiger partial charge in [0.25, 0.3) is 0 Å². The minimum Gasteiger partial charge on any atom is -0.247 e. The molecule has 0 amide bonds. The second kappa shape index (κ2) is 5.26. The Kier molecular flexibility index (Phi) is 4.08. The molecule has 0 unspecified atom stereocenters. The highest BCUT2D eigenvalue weighted by atomic mass is 35.5. The van der Waals surface area contributed by atoms with E-state index in [1.807, 2.05) is 13.8 Å². The highest BCUT2D eigenvalue weighted by Gasteiger charge is 2.17. The lowest BCUT2D eigenvalue weighted by Gasteiger charge is -2.03. The van der Waals surface area contributed by atoms with Crippen LogP contribution in [0, 0.1) is 13.8 Å². The van der Waals surface area contributed by atoms with Gasteiger partial charge in [0.05, 0.1) is 15.0 Å². The van der Waals surface area contributed by atoms with Crippen LogP contribution in [0.4, 0.5) is 0 Å². The Morgan fingerprint density at radius 2 is 2.06 bits per heavy atom. The molecule has 0 spiro atoms. The summed E-state index contributed by atoms with van der Waals surface area (Å²) in [5.41, 5.74) is 0.865. The molecular formula is C10H11ClN2O2S3. The second-order valence-electron chi connectivity index (χ2n) is 3.62. The lowest BCUT2D eigenvalue weighted by molar-refractivity contribution is 0.584. The van der Waals surface area contributed by atoms with Gasteiger partial charge >= 0.3 is 0 Å². The van der Waals surface area contributed by atoms with Crippen molar-refractivity contribution < 1.29 is 8.42 Å². The van der Waals surface area contributed by atoms with Crippen LogP contribution in [0.5, 0.6) is 0 Å². The summed E-state index contributed by atoms with van der Waals surface area (Å²) in [5.74, 6) is 0. The van der Waals surface area contributed by atoms with Gasteiger partial charge in [0, 0.05) is 11.4 Å². The van der Waals surface area contributed by atoms with Gasteiger partial charge in [-0.25, -0.2) is 18.1 Å². The molecule has 2 heterocycles. The summed E-state index contributed by atoms with van der Waals surface area (Å²) in [6.07, 6.45) is 0. The standard InChI is InChI=1S/C10H11ClN2O2S3/c1-6-8(16-7(2)13-6)5-12-18(14,15)10-4-3-9(11)17-10/h3-4,12H,5H2,1-2H3. The number of hydrogen-bond acceptors (Lipinski definition) is 5. The van der Waals surface area contributed by atoms with Crippen LogP contribution >= 0.6 is 34.3 Å². The molecule has 98 valence electrons. The van der Waals surface area contributed by atoms with E-state index in [9.17, 15) is 8.42 Å². The lowest BCUT2D eigenvalue weighted by Crippen LogP contribution is -2.22. The van der Waals surface area contributed by atoms with Crippen LogP contribution in [0.2, 0.25) is 4.34 Å². The Labute approximate surface area is 119 Å². The number of nitrogens with zero attached hydrogens (tertiary/aromatic N) is 1. The lowest BCUT2D eigenvalue weighted by atomic mass is 10.4. The van der Waals surface area contributed by atoms with Gasteiger partial charge in [-0.2, -0.15) is 0 Å². The third-order valence-corrected chi connectivity index (χ3v) is 6.43. The normalized spacial score (nSPS) is 11.9. The molecule has 18 heavy (non-hydrogen) atoms. The molecule has 0 fully saturated rings. The van der Waals surface area contributed by atoms with Crippen molar-refractivity contribution >= 4 is 44.3 Å². The smallest absolute Gasteiger partial charge is 0.247 e. The fraction of sp³-hybridized carbons (Fsp3) is 0.300. The number of aromatic nitrogens is 1. The number of halogens is 1. The van der Waals surface area contributed by atoms with Gasteiger partial charge in [-0.05, 0) is 26.0 Å². The molecule has 0 radical (unpaired) electrons. The fourth-order valence-corrected chi connectivity index (χ4v) is 4.90. The molecule has 0 saturated carbocycles. The predicted molar refractivity (Wildman–Crippen MR) is 74.9 cm³/mol. The number of aryl methyl sites for hydroxylation is 2. The van der Waals surface area contributed by atoms with Gasteiger partial charge in [0.15, 0.2) is 0 Å². The average Bonchev–Trinajstić information content (AvgIpc) is 2.83. The molecule has 0 saturated heterocycles. The molecule has 0 aliphatic carbocycles. The molecular weight excluding hydrogens is 312 g/mol. The van der Waals surface area contributed by atoms with Gasteiger partial charge in [0.1, 0.15) is 4.21 Å². The summed E-state index contributed by atoms with van der Waals surface area (Å²) in [7, 11) is -3.48. The summed E-state index contributed by atoms with van der Waals surface area (Å²) in [6, 6.07) is 3.07. The zero-order valence-electron chi connectivity index (χ0n) is 9.73. The summed E-state index contributed by atoms with van der Waals surface area (Å²) in [5, 5.41) is 0.931. The Morgan fingerprint density at radius 3 is 2.56 bits per heavy atom. The molecule has 2 rings (SSSR count). The van der Waals surface area contributed by atoms with Crippen molar-refractivity contribution in [2.45, 2.75) is 24.6 Å². The molecule has 0 aromatic carbocycles. The molecule has 1 N–H and O–H groups in total. The van der Waals surface area contributed by atoms with Crippen LogP contribution in [0.3, 0.4) is 0 Å². The topological polar surface area (TPSA) is 59.1 Å². The SMILES string of the molecule is Cc1nc(C)c(CNS(=O)(=O)c2ccc(Cl)s2)s1. The molecule has 0 aliphatic rings. The van der Waals surface area contributed by atoms with E-state index >= 15 is 0 Å². The molecule has 2 aromatic heterocycles. The zero-order valence-corrected chi connectivity index (χ0v) is 12.9. The van der Waals surface area contributed by atoms with Crippen molar-refractivity contribution in [3.8, 4) is 0 Å². The number of sulfonamides is 1. The quantitative estimate of drug-likeness (QED) is 0.941. The van der Waals surface area contributed by atoms with E-state index in [-0.39, 0.29) is 10.8 Å². The molecule has 4 nitrogen and oxygen atoms in total. The van der Waals surface area contributed by atoms with Crippen molar-refractivity contribution in [3.63, 3.8) is 0 Å². The maximum atomic E-state index is 12.0. The Balaban J connectivity index is 2.13. The highest BCUT2D eigenvalue weighted by molar-refractivity contribution is 7.91. The van der Waals surface area contributed by atoms with Crippen molar-refractivity contribution in [2.24, 2.45) is 0 Å². The van der Waals surface area contributed by atoms with Crippen LogP contribution < -0.4 is 4.72 Å². The molecule has 0 aliphatic heterocycles.